The van der Waals surface area contributed by atoms with Gasteiger partial charge in [0.05, 0.1) is 18.3 Å². The van der Waals surface area contributed by atoms with Crippen molar-refractivity contribution in [2.24, 2.45) is 0 Å². The lowest BCUT2D eigenvalue weighted by atomic mass is 10.2. The number of hydrogen-bond donors (Lipinski definition) is 2. The summed E-state index contributed by atoms with van der Waals surface area (Å²) < 4.78 is 13.3. The topological polar surface area (TPSA) is 54.0 Å². The molecule has 0 unspecified atom stereocenters. The number of nitrogens with zero attached hydrogens (tertiary/aromatic N) is 1. The summed E-state index contributed by atoms with van der Waals surface area (Å²) in [6, 6.07) is 3.20. The number of aryl methyl sites for hydroxylation is 1. The van der Waals surface area contributed by atoms with Crippen molar-refractivity contribution in [1.29, 1.82) is 0 Å². The van der Waals surface area contributed by atoms with Crippen molar-refractivity contribution < 1.29 is 9.18 Å². The lowest BCUT2D eigenvalue weighted by Crippen LogP contribution is -2.24. The van der Waals surface area contributed by atoms with Crippen LogP contribution in [0.4, 0.5) is 10.2 Å². The molecule has 0 saturated carbocycles. The molecule has 0 aliphatic rings. The number of thiophene rings is 1. The summed E-state index contributed by atoms with van der Waals surface area (Å²) in [7, 11) is 0. The van der Waals surface area contributed by atoms with Crippen molar-refractivity contribution in [1.82, 2.24) is 10.3 Å². The SMILES string of the molecule is CCNc1ncc(F)cc1C(=O)NCc1sccc1C. The largest absolute Gasteiger partial charge is 0.370 e. The first kappa shape index (κ1) is 14.5. The van der Waals surface area contributed by atoms with Crippen LogP contribution in [0, 0.1) is 12.7 Å². The van der Waals surface area contributed by atoms with Crippen molar-refractivity contribution in [3.8, 4) is 0 Å². The summed E-state index contributed by atoms with van der Waals surface area (Å²) in [5.74, 6) is -0.459. The number of carbonyl (C=O) groups excluding carboxylic acids is 1. The van der Waals surface area contributed by atoms with Gasteiger partial charge in [-0.25, -0.2) is 9.37 Å². The van der Waals surface area contributed by atoms with Gasteiger partial charge >= 0.3 is 0 Å². The lowest BCUT2D eigenvalue weighted by molar-refractivity contribution is 0.0951. The number of carbonyl (C=O) groups is 1. The van der Waals surface area contributed by atoms with E-state index in [1.807, 2.05) is 25.3 Å². The second kappa shape index (κ2) is 6.47. The van der Waals surface area contributed by atoms with Crippen LogP contribution in [0.25, 0.3) is 0 Å². The Morgan fingerprint density at radius 2 is 2.30 bits per heavy atom. The molecule has 1 amide bonds. The van der Waals surface area contributed by atoms with Crippen LogP contribution < -0.4 is 10.6 Å². The Balaban J connectivity index is 2.12. The molecule has 0 bridgehead atoms. The van der Waals surface area contributed by atoms with Crippen LogP contribution >= 0.6 is 11.3 Å². The Hall–Kier alpha value is -1.95. The molecule has 4 nitrogen and oxygen atoms in total. The molecular formula is C14H16FN3OS. The highest BCUT2D eigenvalue weighted by atomic mass is 32.1. The van der Waals surface area contributed by atoms with E-state index in [2.05, 4.69) is 15.6 Å². The third-order valence-corrected chi connectivity index (χ3v) is 3.84. The molecule has 106 valence electrons. The number of pyridine rings is 1. The summed E-state index contributed by atoms with van der Waals surface area (Å²) in [4.78, 5) is 17.1. The number of anilines is 1. The van der Waals surface area contributed by atoms with Crippen molar-refractivity contribution in [3.63, 3.8) is 0 Å². The average Bonchev–Trinajstić information content (AvgIpc) is 2.84. The second-order valence-electron chi connectivity index (χ2n) is 4.29. The van der Waals surface area contributed by atoms with E-state index in [9.17, 15) is 9.18 Å². The highest BCUT2D eigenvalue weighted by Gasteiger charge is 2.14. The van der Waals surface area contributed by atoms with Gasteiger partial charge in [0.2, 0.25) is 0 Å². The van der Waals surface area contributed by atoms with E-state index in [1.54, 1.807) is 11.3 Å². The standard InChI is InChI=1S/C14H16FN3OS/c1-3-16-13-11(6-10(15)7-17-13)14(19)18-8-12-9(2)4-5-20-12/h4-7H,3,8H2,1-2H3,(H,16,17)(H,18,19). The molecule has 0 aliphatic heterocycles. The van der Waals surface area contributed by atoms with Gasteiger partial charge in [-0.05, 0) is 36.9 Å². The molecule has 2 N–H and O–H groups in total. The van der Waals surface area contributed by atoms with E-state index in [0.717, 1.165) is 16.6 Å². The molecule has 0 saturated heterocycles. The quantitative estimate of drug-likeness (QED) is 0.891. The molecule has 0 aromatic carbocycles. The Kier molecular flexibility index (Phi) is 4.68. The smallest absolute Gasteiger partial charge is 0.255 e. The highest BCUT2D eigenvalue weighted by Crippen LogP contribution is 2.17. The average molecular weight is 293 g/mol. The molecule has 6 heteroatoms. The van der Waals surface area contributed by atoms with Crippen molar-refractivity contribution in [2.45, 2.75) is 20.4 Å². The first-order chi connectivity index (χ1) is 9.61. The summed E-state index contributed by atoms with van der Waals surface area (Å²) in [5, 5.41) is 7.72. The fourth-order valence-corrected chi connectivity index (χ4v) is 2.61. The predicted octanol–water partition coefficient (Wildman–Crippen LogP) is 2.95. The minimum atomic E-state index is -0.524. The summed E-state index contributed by atoms with van der Waals surface area (Å²) >= 11 is 1.58. The van der Waals surface area contributed by atoms with E-state index in [0.29, 0.717) is 18.9 Å². The van der Waals surface area contributed by atoms with Crippen LogP contribution in [0.15, 0.2) is 23.7 Å². The Bertz CT molecular complexity index is 612. The molecule has 2 aromatic heterocycles. The first-order valence-corrected chi connectivity index (χ1v) is 7.20. The maximum absolute atomic E-state index is 13.3. The van der Waals surface area contributed by atoms with Crippen LogP contribution in [0.2, 0.25) is 0 Å². The molecule has 0 aliphatic carbocycles. The van der Waals surface area contributed by atoms with Crippen molar-refractivity contribution >= 4 is 23.1 Å². The highest BCUT2D eigenvalue weighted by molar-refractivity contribution is 7.10. The molecule has 2 heterocycles. The minimum absolute atomic E-state index is 0.223. The van der Waals surface area contributed by atoms with Gasteiger partial charge in [-0.2, -0.15) is 0 Å². The van der Waals surface area contributed by atoms with E-state index < -0.39 is 5.82 Å². The Morgan fingerprint density at radius 1 is 1.50 bits per heavy atom. The Labute approximate surface area is 121 Å². The number of nitrogens with one attached hydrogen (secondary N) is 2. The fourth-order valence-electron chi connectivity index (χ4n) is 1.76. The van der Waals surface area contributed by atoms with Crippen LogP contribution in [0.5, 0.6) is 0 Å². The molecule has 0 fully saturated rings. The van der Waals surface area contributed by atoms with Gasteiger partial charge in [-0.3, -0.25) is 4.79 Å². The zero-order valence-corrected chi connectivity index (χ0v) is 12.2. The number of amides is 1. The van der Waals surface area contributed by atoms with Crippen LogP contribution in [-0.4, -0.2) is 17.4 Å². The van der Waals surface area contributed by atoms with Crippen molar-refractivity contribution in [3.05, 3.63) is 45.5 Å². The van der Waals surface area contributed by atoms with Crippen LogP contribution in [-0.2, 0) is 6.54 Å². The summed E-state index contributed by atoms with van der Waals surface area (Å²) in [6.45, 7) is 4.93. The third kappa shape index (κ3) is 3.33. The molecular weight excluding hydrogens is 277 g/mol. The maximum atomic E-state index is 13.3. The monoisotopic (exact) mass is 293 g/mol. The maximum Gasteiger partial charge on any atom is 0.255 e. The number of hydrogen-bond acceptors (Lipinski definition) is 4. The van der Waals surface area contributed by atoms with E-state index >= 15 is 0 Å². The zero-order valence-electron chi connectivity index (χ0n) is 11.4. The number of aromatic nitrogens is 1. The Morgan fingerprint density at radius 3 is 2.95 bits per heavy atom. The number of halogens is 1. The molecule has 0 atom stereocenters. The molecule has 20 heavy (non-hydrogen) atoms. The second-order valence-corrected chi connectivity index (χ2v) is 5.29. The van der Waals surface area contributed by atoms with Gasteiger partial charge in [0.1, 0.15) is 11.6 Å². The van der Waals surface area contributed by atoms with E-state index in [-0.39, 0.29) is 11.5 Å². The van der Waals surface area contributed by atoms with Crippen molar-refractivity contribution in [2.75, 3.05) is 11.9 Å². The summed E-state index contributed by atoms with van der Waals surface area (Å²) in [6.07, 6.45) is 1.10. The minimum Gasteiger partial charge on any atom is -0.370 e. The first-order valence-electron chi connectivity index (χ1n) is 6.32. The fraction of sp³-hybridized carbons (Fsp3) is 0.286. The third-order valence-electron chi connectivity index (χ3n) is 2.82. The molecule has 0 spiro atoms. The number of rotatable bonds is 5. The summed E-state index contributed by atoms with van der Waals surface area (Å²) in [5.41, 5.74) is 1.36. The normalized spacial score (nSPS) is 10.3. The predicted molar refractivity (Wildman–Crippen MR) is 78.6 cm³/mol. The van der Waals surface area contributed by atoms with Gasteiger partial charge in [-0.15, -0.1) is 11.3 Å². The van der Waals surface area contributed by atoms with Crippen LogP contribution in [0.3, 0.4) is 0 Å². The molecule has 2 aromatic rings. The van der Waals surface area contributed by atoms with Gasteiger partial charge in [0.25, 0.3) is 5.91 Å². The van der Waals surface area contributed by atoms with Gasteiger partial charge in [-0.1, -0.05) is 0 Å². The van der Waals surface area contributed by atoms with Gasteiger partial charge < -0.3 is 10.6 Å². The van der Waals surface area contributed by atoms with Gasteiger partial charge in [0.15, 0.2) is 0 Å². The molecule has 0 radical (unpaired) electrons. The van der Waals surface area contributed by atoms with E-state index in [1.165, 1.54) is 6.07 Å². The van der Waals surface area contributed by atoms with Gasteiger partial charge in [0, 0.05) is 11.4 Å². The van der Waals surface area contributed by atoms with Crippen LogP contribution in [0.1, 0.15) is 27.7 Å². The zero-order chi connectivity index (χ0) is 14.5. The van der Waals surface area contributed by atoms with E-state index in [4.69, 9.17) is 0 Å². The lowest BCUT2D eigenvalue weighted by Gasteiger charge is -2.10. The molecule has 2 rings (SSSR count).